The minimum Gasteiger partial charge on any atom is -0.778 e. The Bertz CT molecular complexity index is 1440. The normalized spacial score (nSPS) is 14.3. The van der Waals surface area contributed by atoms with Crippen LogP contribution in [-0.2, 0) is 32.2 Å². The molecule has 0 fully saturated rings. The molecule has 16 nitrogen and oxygen atoms in total. The zero-order valence-corrected chi connectivity index (χ0v) is 35.9. The van der Waals surface area contributed by atoms with E-state index in [2.05, 4.69) is 19.8 Å². The third-order valence-electron chi connectivity index (χ3n) is 5.28. The zero-order chi connectivity index (χ0) is 33.3. The molecule has 0 saturated carbocycles. The number of rotatable bonds is 20. The summed E-state index contributed by atoms with van der Waals surface area (Å²) < 4.78 is 33.5. The fourth-order valence-electron chi connectivity index (χ4n) is 3.38. The van der Waals surface area contributed by atoms with Crippen LogP contribution in [0.1, 0.15) is 24.0 Å². The van der Waals surface area contributed by atoms with Crippen LogP contribution >= 0.6 is 46.9 Å². The molecular weight excluding hydrogens is 770 g/mol. The van der Waals surface area contributed by atoms with Crippen LogP contribution in [0.25, 0.3) is 0 Å². The van der Waals surface area contributed by atoms with Crippen LogP contribution in [0.3, 0.4) is 0 Å². The van der Waals surface area contributed by atoms with Gasteiger partial charge in [0.15, 0.2) is 11.5 Å². The number of amides is 1. The molecule has 3 unspecified atom stereocenters. The van der Waals surface area contributed by atoms with Crippen molar-refractivity contribution in [3.63, 3.8) is 0 Å². The van der Waals surface area contributed by atoms with Crippen LogP contribution in [0.2, 0.25) is 0 Å². The number of carbonyl (C=O) groups excluding carboxylic acids is 1. The van der Waals surface area contributed by atoms with E-state index in [4.69, 9.17) is 36.1 Å². The fraction of sp³-hybridized carbons (Fsp3) is 0.364. The summed E-state index contributed by atoms with van der Waals surface area (Å²) in [6, 6.07) is 14.3. The maximum atomic E-state index is 12.1. The van der Waals surface area contributed by atoms with Gasteiger partial charge in [-0.15, -0.1) is 5.10 Å². The summed E-state index contributed by atoms with van der Waals surface area (Å²) in [5.41, 5.74) is 1.74. The molecule has 0 radical (unpaired) electrons. The summed E-state index contributed by atoms with van der Waals surface area (Å²) in [5, 5.41) is 14.1. The van der Waals surface area contributed by atoms with Crippen molar-refractivity contribution < 1.29 is 102 Å². The molecule has 25 heteroatoms. The maximum Gasteiger partial charge on any atom is 1.00 e. The van der Waals surface area contributed by atoms with Crippen molar-refractivity contribution in [3.05, 3.63) is 59.7 Å². The molecule has 0 aliphatic heterocycles. The molecule has 2 rings (SSSR count). The minimum atomic E-state index is -4.79. The molecule has 0 saturated heterocycles. The quantitative estimate of drug-likeness (QED) is 0.0527. The van der Waals surface area contributed by atoms with Gasteiger partial charge in [-0.2, -0.15) is 4.52 Å². The van der Waals surface area contributed by atoms with Gasteiger partial charge in [-0.3, -0.25) is 19.4 Å². The first kappa shape index (κ1) is 47.1. The molecule has 0 spiro atoms. The Balaban J connectivity index is 0.0000106. The molecule has 0 aromatic heterocycles. The van der Waals surface area contributed by atoms with Crippen LogP contribution in [0, 0.1) is 5.16 Å². The van der Waals surface area contributed by atoms with Gasteiger partial charge in [0.05, 0.1) is 42.0 Å². The molecule has 0 heterocycles. The molecule has 2 aromatic rings. The predicted octanol–water partition coefficient (Wildman–Crippen LogP) is -1.35. The van der Waals surface area contributed by atoms with E-state index in [1.807, 2.05) is 12.1 Å². The first-order chi connectivity index (χ1) is 21.2. The number of benzene rings is 2. The van der Waals surface area contributed by atoms with Gasteiger partial charge >= 0.3 is 66.2 Å². The number of hydrogen-bond donors (Lipinski definition) is 4. The second kappa shape index (κ2) is 25.1. The molecule has 0 aliphatic rings. The molecule has 4 N–H and O–H groups in total. The second-order valence-electron chi connectivity index (χ2n) is 8.97. The monoisotopic (exact) mass is 800 g/mol. The molecule has 2 aromatic carbocycles. The van der Waals surface area contributed by atoms with Gasteiger partial charge in [0.2, 0.25) is 26.2 Å². The maximum absolute atomic E-state index is 12.1. The summed E-state index contributed by atoms with van der Waals surface area (Å²) in [6.07, 6.45) is 0.366. The minimum absolute atomic E-state index is 0. The van der Waals surface area contributed by atoms with E-state index >= 15 is 0 Å². The summed E-state index contributed by atoms with van der Waals surface area (Å²) >= 11 is 5.46. The second-order valence-corrected chi connectivity index (χ2v) is 16.8. The van der Waals surface area contributed by atoms with Crippen molar-refractivity contribution in [1.82, 2.24) is 15.0 Å². The Kier molecular flexibility index (Phi) is 25.1. The van der Waals surface area contributed by atoms with Crippen molar-refractivity contribution in [3.8, 4) is 11.5 Å². The Labute approximate surface area is 327 Å². The van der Waals surface area contributed by atoms with Crippen molar-refractivity contribution in [2.45, 2.75) is 19.3 Å². The van der Waals surface area contributed by atoms with E-state index in [0.717, 1.165) is 16.0 Å². The standard InChI is InChI=1S/C22H31N7O9P6S.2Na/c1-28(25-15-19-6-8-20(9-7-19)37-26-40-27-41-39-23)42(45)38-21-10-4-18(5-11-21)12-13-24-22(30)3-2-14-29(16-43(31,32)33)17-44(34,35)36;;/h4-11,15,23H,2-3,12-14,16-17H2,1H3,(H4-,24,30,31,32,33,34,35,36);;/q;2*+1/p-1. The molecule has 244 valence electrons. The Morgan fingerprint density at radius 3 is 2.26 bits per heavy atom. The third-order valence-corrected chi connectivity index (χ3v) is 10.5. The van der Waals surface area contributed by atoms with Crippen LogP contribution in [0.4, 0.5) is 0 Å². The smallest absolute Gasteiger partial charge is 0.778 e. The number of hydrazone groups is 1. The SMILES string of the molecule is CN(N=Cc1ccc(ON=PN=PP=N)cc1)[P+](=S)Oc1ccc(CCNC(=O)CCCN(CP(=O)([O-])O)CP(=O)([O-])O)cc1.[Na+].[Na+]. The Morgan fingerprint density at radius 1 is 1.09 bits per heavy atom. The van der Waals surface area contributed by atoms with Gasteiger partial charge in [-0.25, -0.2) is 0 Å². The molecule has 1 amide bonds. The van der Waals surface area contributed by atoms with Crippen LogP contribution in [0.15, 0.2) is 63.1 Å². The molecule has 47 heavy (non-hydrogen) atoms. The number of hydrogen-bond acceptors (Lipinski definition) is 12. The van der Waals surface area contributed by atoms with Gasteiger partial charge in [0.1, 0.15) is 15.2 Å². The van der Waals surface area contributed by atoms with E-state index in [-0.39, 0.29) is 84.4 Å². The fourth-order valence-corrected chi connectivity index (χ4v) is 7.22. The molecule has 3 atom stereocenters. The molecule has 0 aliphatic carbocycles. The van der Waals surface area contributed by atoms with Crippen molar-refractivity contribution in [2.24, 2.45) is 14.5 Å². The largest absolute Gasteiger partial charge is 1.00 e. The first-order valence-electron chi connectivity index (χ1n) is 12.7. The third kappa shape index (κ3) is 23.2. The summed E-state index contributed by atoms with van der Waals surface area (Å²) in [4.78, 5) is 62.1. The molecular formula is C22H30N7Na2O9P6S+. The Morgan fingerprint density at radius 2 is 1.68 bits per heavy atom. The van der Waals surface area contributed by atoms with Gasteiger partial charge < -0.3 is 38.9 Å². The van der Waals surface area contributed by atoms with E-state index < -0.39 is 34.8 Å². The van der Waals surface area contributed by atoms with Crippen molar-refractivity contribution >= 4 is 70.8 Å². The van der Waals surface area contributed by atoms with Crippen molar-refractivity contribution in [1.29, 1.82) is 5.16 Å². The predicted molar refractivity (Wildman–Crippen MR) is 174 cm³/mol. The number of nitrogens with one attached hydrogen (secondary N) is 2. The first-order valence-corrected chi connectivity index (χ1v) is 21.7. The average molecular weight is 800 g/mol. The van der Waals surface area contributed by atoms with E-state index in [9.17, 15) is 23.7 Å². The van der Waals surface area contributed by atoms with Crippen molar-refractivity contribution in [2.75, 3.05) is 32.7 Å². The summed E-state index contributed by atoms with van der Waals surface area (Å²) in [6.45, 7) is 0.196. The van der Waals surface area contributed by atoms with Gasteiger partial charge in [-0.05, 0) is 71.8 Å². The van der Waals surface area contributed by atoms with E-state index in [1.165, 1.54) is 0 Å². The summed E-state index contributed by atoms with van der Waals surface area (Å²) in [7, 11) is -7.96. The van der Waals surface area contributed by atoms with Gasteiger partial charge in [0.25, 0.3) is 0 Å². The van der Waals surface area contributed by atoms with Gasteiger partial charge in [-0.1, -0.05) is 16.9 Å². The van der Waals surface area contributed by atoms with Gasteiger partial charge in [0, 0.05) is 13.0 Å². The average Bonchev–Trinajstić information content (AvgIpc) is 2.95. The number of nitrogens with zero attached hydrogens (tertiary/aromatic N) is 5. The Hall–Kier alpha value is 0.0600. The topological polar surface area (TPSA) is 236 Å². The van der Waals surface area contributed by atoms with Crippen LogP contribution in [-0.4, -0.2) is 64.3 Å². The summed E-state index contributed by atoms with van der Waals surface area (Å²) in [5.74, 6) is 0.786. The van der Waals surface area contributed by atoms with Crippen LogP contribution in [0.5, 0.6) is 11.5 Å². The number of carbonyl (C=O) groups is 1. The van der Waals surface area contributed by atoms with Crippen LogP contribution < -0.4 is 83.6 Å². The van der Waals surface area contributed by atoms with E-state index in [0.29, 0.717) is 49.1 Å². The zero-order valence-electron chi connectivity index (χ0n) is 25.7. The molecule has 0 bridgehead atoms. The van der Waals surface area contributed by atoms with E-state index in [1.54, 1.807) is 54.4 Å².